The van der Waals surface area contributed by atoms with Crippen LogP contribution in [0.2, 0.25) is 5.02 Å². The number of quaternary nitrogens is 1. The first-order chi connectivity index (χ1) is 9.67. The maximum Gasteiger partial charge on any atom is 0.322 e. The average molecular weight is 313 g/mol. The number of hydrogen-bond donors (Lipinski definition) is 3. The Morgan fingerprint density at radius 2 is 2.00 bits per heavy atom. The van der Waals surface area contributed by atoms with E-state index in [4.69, 9.17) is 11.6 Å². The summed E-state index contributed by atoms with van der Waals surface area (Å²) in [5, 5.41) is 7.50. The fourth-order valence-corrected chi connectivity index (χ4v) is 1.96. The van der Waals surface area contributed by atoms with Gasteiger partial charge in [0, 0.05) is 16.1 Å². The molecule has 0 aliphatic rings. The Morgan fingerprint density at radius 1 is 1.33 bits per heavy atom. The topological polar surface area (TPSA) is 74.8 Å². The summed E-state index contributed by atoms with van der Waals surface area (Å²) in [5.41, 5.74) is 0.664. The van der Waals surface area contributed by atoms with E-state index in [1.165, 1.54) is 0 Å². The van der Waals surface area contributed by atoms with E-state index in [0.717, 1.165) is 5.56 Å². The third-order valence-electron chi connectivity index (χ3n) is 2.77. The minimum Gasteiger partial charge on any atom is -0.333 e. The van der Waals surface area contributed by atoms with Crippen molar-refractivity contribution in [2.45, 2.75) is 39.3 Å². The first kappa shape index (κ1) is 17.5. The molecule has 1 atom stereocenters. The highest BCUT2D eigenvalue weighted by molar-refractivity contribution is 6.30. The van der Waals surface area contributed by atoms with Crippen LogP contribution < -0.4 is 16.0 Å². The molecule has 21 heavy (non-hydrogen) atoms. The number of benzene rings is 1. The Labute approximate surface area is 130 Å². The molecular weight excluding hydrogens is 290 g/mol. The molecule has 0 fully saturated rings. The third kappa shape index (κ3) is 7.11. The molecular formula is C15H23ClN3O2+. The zero-order valence-corrected chi connectivity index (χ0v) is 13.6. The smallest absolute Gasteiger partial charge is 0.322 e. The van der Waals surface area contributed by atoms with Gasteiger partial charge in [-0.2, -0.15) is 0 Å². The van der Waals surface area contributed by atoms with E-state index in [1.54, 1.807) is 6.07 Å². The largest absolute Gasteiger partial charge is 0.333 e. The molecule has 0 aromatic heterocycles. The van der Waals surface area contributed by atoms with Crippen LogP contribution >= 0.6 is 11.6 Å². The van der Waals surface area contributed by atoms with E-state index in [0.29, 0.717) is 5.02 Å². The molecule has 116 valence electrons. The van der Waals surface area contributed by atoms with Crippen LogP contribution in [-0.4, -0.2) is 24.0 Å². The van der Waals surface area contributed by atoms with Gasteiger partial charge < -0.3 is 10.6 Å². The summed E-state index contributed by atoms with van der Waals surface area (Å²) >= 11 is 5.94. The van der Waals surface area contributed by atoms with Crippen molar-refractivity contribution in [3.8, 4) is 0 Å². The van der Waals surface area contributed by atoms with Crippen LogP contribution in [-0.2, 0) is 4.79 Å². The molecule has 0 spiro atoms. The highest BCUT2D eigenvalue weighted by Gasteiger charge is 2.17. The molecule has 0 saturated carbocycles. The van der Waals surface area contributed by atoms with Crippen molar-refractivity contribution in [3.63, 3.8) is 0 Å². The van der Waals surface area contributed by atoms with Crippen LogP contribution in [0, 0.1) is 0 Å². The Kier molecular flexibility index (Phi) is 6.18. The fraction of sp³-hybridized carbons (Fsp3) is 0.467. The van der Waals surface area contributed by atoms with Gasteiger partial charge >= 0.3 is 6.03 Å². The van der Waals surface area contributed by atoms with Gasteiger partial charge in [-0.05, 0) is 39.8 Å². The number of carbonyl (C=O) groups excluding carboxylic acids is 2. The number of halogens is 1. The number of amides is 3. The lowest BCUT2D eigenvalue weighted by molar-refractivity contribution is -0.682. The lowest BCUT2D eigenvalue weighted by atomic mass is 10.1. The predicted molar refractivity (Wildman–Crippen MR) is 83.1 cm³/mol. The lowest BCUT2D eigenvalue weighted by Crippen LogP contribution is -2.87. The summed E-state index contributed by atoms with van der Waals surface area (Å²) in [5.74, 6) is -0.328. The number of nitrogens with one attached hydrogen (secondary N) is 2. The van der Waals surface area contributed by atoms with E-state index in [2.05, 4.69) is 10.6 Å². The quantitative estimate of drug-likeness (QED) is 0.790. The molecule has 6 heteroatoms. The van der Waals surface area contributed by atoms with Crippen molar-refractivity contribution in [2.24, 2.45) is 0 Å². The van der Waals surface area contributed by atoms with Gasteiger partial charge in [0.25, 0.3) is 5.91 Å². The molecule has 1 rings (SSSR count). The number of carbonyl (C=O) groups is 2. The minimum absolute atomic E-state index is 0.0835. The number of urea groups is 1. The number of rotatable bonds is 4. The van der Waals surface area contributed by atoms with Crippen molar-refractivity contribution in [3.05, 3.63) is 34.9 Å². The molecule has 4 N–H and O–H groups in total. The average Bonchev–Trinajstić information content (AvgIpc) is 2.33. The standard InChI is InChI=1S/C15H22ClN3O2/c1-10(11-6-5-7-12(16)8-11)17-9-13(20)18-14(21)19-15(2,3)4/h5-8,10,17H,9H2,1-4H3,(H2,18,19,20,21)/p+1/t10-/m0/s1. The van der Waals surface area contributed by atoms with Crippen molar-refractivity contribution in [1.29, 1.82) is 0 Å². The Morgan fingerprint density at radius 3 is 2.57 bits per heavy atom. The SMILES string of the molecule is C[C@H]([NH2+]CC(=O)NC(=O)NC(C)(C)C)c1cccc(Cl)c1. The summed E-state index contributed by atoms with van der Waals surface area (Å²) in [6.07, 6.45) is 0. The van der Waals surface area contributed by atoms with Gasteiger partial charge in [-0.25, -0.2) is 4.79 Å². The van der Waals surface area contributed by atoms with Gasteiger partial charge in [-0.3, -0.25) is 10.1 Å². The number of hydrogen-bond acceptors (Lipinski definition) is 2. The molecule has 0 radical (unpaired) electrons. The first-order valence-corrected chi connectivity index (χ1v) is 7.26. The number of nitrogens with two attached hydrogens (primary N) is 1. The van der Waals surface area contributed by atoms with Crippen LogP contribution in [0.4, 0.5) is 4.79 Å². The summed E-state index contributed by atoms with van der Waals surface area (Å²) in [7, 11) is 0. The molecule has 3 amide bonds. The summed E-state index contributed by atoms with van der Waals surface area (Å²) in [6, 6.07) is 7.11. The first-order valence-electron chi connectivity index (χ1n) is 6.88. The highest BCUT2D eigenvalue weighted by atomic mass is 35.5. The Balaban J connectivity index is 2.41. The van der Waals surface area contributed by atoms with Gasteiger partial charge in [0.2, 0.25) is 0 Å². The Bertz CT molecular complexity index is 512. The normalized spacial score (nSPS) is 12.6. The van der Waals surface area contributed by atoms with Crippen molar-refractivity contribution >= 4 is 23.5 Å². The van der Waals surface area contributed by atoms with Crippen LogP contribution in [0.25, 0.3) is 0 Å². The summed E-state index contributed by atoms with van der Waals surface area (Å²) < 4.78 is 0. The van der Waals surface area contributed by atoms with Crippen LogP contribution in [0.1, 0.15) is 39.3 Å². The monoisotopic (exact) mass is 312 g/mol. The van der Waals surface area contributed by atoms with Crippen molar-refractivity contribution < 1.29 is 14.9 Å². The van der Waals surface area contributed by atoms with Crippen molar-refractivity contribution in [2.75, 3.05) is 6.54 Å². The van der Waals surface area contributed by atoms with Gasteiger partial charge in [-0.15, -0.1) is 0 Å². The second kappa shape index (κ2) is 7.43. The molecule has 0 unspecified atom stereocenters. The molecule has 0 aliphatic heterocycles. The third-order valence-corrected chi connectivity index (χ3v) is 3.01. The zero-order chi connectivity index (χ0) is 16.0. The van der Waals surface area contributed by atoms with Gasteiger partial charge in [0.05, 0.1) is 0 Å². The van der Waals surface area contributed by atoms with Crippen molar-refractivity contribution in [1.82, 2.24) is 10.6 Å². The van der Waals surface area contributed by atoms with E-state index in [1.807, 2.05) is 51.2 Å². The zero-order valence-electron chi connectivity index (χ0n) is 12.9. The van der Waals surface area contributed by atoms with Crippen LogP contribution in [0.5, 0.6) is 0 Å². The van der Waals surface area contributed by atoms with Gasteiger partial charge in [-0.1, -0.05) is 23.7 Å². The minimum atomic E-state index is -0.476. The second-order valence-electron chi connectivity index (χ2n) is 6.04. The van der Waals surface area contributed by atoms with E-state index in [-0.39, 0.29) is 24.0 Å². The lowest BCUT2D eigenvalue weighted by Gasteiger charge is -2.20. The van der Waals surface area contributed by atoms with Gasteiger partial charge in [0.15, 0.2) is 6.54 Å². The van der Waals surface area contributed by atoms with E-state index < -0.39 is 6.03 Å². The summed E-state index contributed by atoms with van der Waals surface area (Å²) in [4.78, 5) is 23.3. The van der Waals surface area contributed by atoms with E-state index in [9.17, 15) is 9.59 Å². The molecule has 1 aromatic rings. The molecule has 0 bridgehead atoms. The van der Waals surface area contributed by atoms with Crippen LogP contribution in [0.15, 0.2) is 24.3 Å². The molecule has 5 nitrogen and oxygen atoms in total. The predicted octanol–water partition coefficient (Wildman–Crippen LogP) is 1.59. The Hall–Kier alpha value is -1.59. The second-order valence-corrected chi connectivity index (χ2v) is 6.47. The molecule has 0 heterocycles. The fourth-order valence-electron chi connectivity index (χ4n) is 1.76. The van der Waals surface area contributed by atoms with Crippen LogP contribution in [0.3, 0.4) is 0 Å². The maximum absolute atomic E-state index is 11.7. The molecule has 0 saturated heterocycles. The highest BCUT2D eigenvalue weighted by Crippen LogP contribution is 2.14. The maximum atomic E-state index is 11.7. The molecule has 0 aliphatic carbocycles. The number of imide groups is 1. The van der Waals surface area contributed by atoms with Gasteiger partial charge in [0.1, 0.15) is 6.04 Å². The molecule has 1 aromatic carbocycles. The summed E-state index contributed by atoms with van der Waals surface area (Å²) in [6.45, 7) is 7.71. The van der Waals surface area contributed by atoms with E-state index >= 15 is 0 Å².